The van der Waals surface area contributed by atoms with Crippen molar-refractivity contribution in [2.24, 2.45) is 4.99 Å². The summed E-state index contributed by atoms with van der Waals surface area (Å²) in [7, 11) is 0. The highest BCUT2D eigenvalue weighted by atomic mass is 15.0. The standard InChI is InChI=1S/C28H22N2/c1-22-16-18-23(19-17-22)20-21-24-10-8-9-15-27(24)30-28(25-11-4-2-5-12-25)29-26-13-6-3-7-14-26/h2-19H,1H3,(H,29,30). The number of amidine groups is 1. The number of aryl methyl sites for hydroxylation is 1. The first-order valence-electron chi connectivity index (χ1n) is 9.92. The van der Waals surface area contributed by atoms with Crippen LogP contribution in [0.15, 0.2) is 114 Å². The molecular weight excluding hydrogens is 364 g/mol. The maximum absolute atomic E-state index is 4.95. The normalized spacial score (nSPS) is 10.8. The second kappa shape index (κ2) is 9.41. The van der Waals surface area contributed by atoms with E-state index >= 15 is 0 Å². The van der Waals surface area contributed by atoms with Crippen molar-refractivity contribution >= 4 is 17.2 Å². The van der Waals surface area contributed by atoms with Gasteiger partial charge in [0.1, 0.15) is 5.84 Å². The first kappa shape index (κ1) is 19.2. The molecule has 0 aliphatic carbocycles. The molecule has 0 unspecified atom stereocenters. The lowest BCUT2D eigenvalue weighted by molar-refractivity contribution is 1.44. The third kappa shape index (κ3) is 5.04. The highest BCUT2D eigenvalue weighted by molar-refractivity contribution is 6.09. The quantitative estimate of drug-likeness (QED) is 0.240. The molecule has 4 rings (SSSR count). The zero-order valence-corrected chi connectivity index (χ0v) is 16.8. The lowest BCUT2D eigenvalue weighted by Gasteiger charge is -2.11. The molecule has 30 heavy (non-hydrogen) atoms. The number of aliphatic imine (C=N–C) groups is 1. The number of hydrogen-bond donors (Lipinski definition) is 1. The first-order chi connectivity index (χ1) is 14.8. The Morgan fingerprint density at radius 2 is 1.30 bits per heavy atom. The zero-order chi connectivity index (χ0) is 20.6. The van der Waals surface area contributed by atoms with Crippen molar-refractivity contribution in [1.29, 1.82) is 0 Å². The van der Waals surface area contributed by atoms with Crippen molar-refractivity contribution in [3.63, 3.8) is 0 Å². The lowest BCUT2D eigenvalue weighted by Crippen LogP contribution is -2.13. The number of rotatable bonds is 3. The highest BCUT2D eigenvalue weighted by Crippen LogP contribution is 2.20. The van der Waals surface area contributed by atoms with E-state index in [1.807, 2.05) is 84.9 Å². The van der Waals surface area contributed by atoms with Gasteiger partial charge in [-0.1, -0.05) is 90.2 Å². The molecule has 2 nitrogen and oxygen atoms in total. The van der Waals surface area contributed by atoms with Gasteiger partial charge < -0.3 is 5.32 Å². The molecule has 4 aromatic carbocycles. The van der Waals surface area contributed by atoms with Crippen LogP contribution in [0.3, 0.4) is 0 Å². The minimum atomic E-state index is 0.784. The Hall–Kier alpha value is -4.09. The van der Waals surface area contributed by atoms with E-state index in [2.05, 4.69) is 48.3 Å². The summed E-state index contributed by atoms with van der Waals surface area (Å²) < 4.78 is 0. The molecule has 0 amide bonds. The SMILES string of the molecule is Cc1ccc(C#Cc2ccccc2N=C(Nc2ccccc2)c2ccccc2)cc1. The van der Waals surface area contributed by atoms with Crippen LogP contribution in [0.25, 0.3) is 0 Å². The minimum absolute atomic E-state index is 0.784. The Labute approximate surface area is 178 Å². The summed E-state index contributed by atoms with van der Waals surface area (Å²) in [6.07, 6.45) is 0. The first-order valence-corrected chi connectivity index (χ1v) is 9.92. The van der Waals surface area contributed by atoms with Gasteiger partial charge in [0.25, 0.3) is 0 Å². The zero-order valence-electron chi connectivity index (χ0n) is 16.8. The monoisotopic (exact) mass is 386 g/mol. The van der Waals surface area contributed by atoms with Gasteiger partial charge >= 0.3 is 0 Å². The summed E-state index contributed by atoms with van der Waals surface area (Å²) in [5.74, 6) is 7.32. The van der Waals surface area contributed by atoms with Gasteiger partial charge in [-0.05, 0) is 43.3 Å². The predicted octanol–water partition coefficient (Wildman–Crippen LogP) is 6.59. The number of hydrogen-bond acceptors (Lipinski definition) is 1. The second-order valence-corrected chi connectivity index (χ2v) is 6.95. The van der Waals surface area contributed by atoms with Crippen molar-refractivity contribution in [1.82, 2.24) is 0 Å². The van der Waals surface area contributed by atoms with Crippen molar-refractivity contribution < 1.29 is 0 Å². The lowest BCUT2D eigenvalue weighted by atomic mass is 10.1. The van der Waals surface area contributed by atoms with Crippen molar-refractivity contribution in [2.75, 3.05) is 5.32 Å². The predicted molar refractivity (Wildman–Crippen MR) is 126 cm³/mol. The van der Waals surface area contributed by atoms with E-state index in [4.69, 9.17) is 4.99 Å². The fourth-order valence-electron chi connectivity index (χ4n) is 2.99. The van der Waals surface area contributed by atoms with Crippen LogP contribution in [0.4, 0.5) is 11.4 Å². The Morgan fingerprint density at radius 3 is 2.03 bits per heavy atom. The van der Waals surface area contributed by atoms with Gasteiger partial charge in [0.05, 0.1) is 11.3 Å². The Bertz CT molecular complexity index is 1200. The molecular formula is C28H22N2. The molecule has 1 N–H and O–H groups in total. The smallest absolute Gasteiger partial charge is 0.138 e. The fraction of sp³-hybridized carbons (Fsp3) is 0.0357. The minimum Gasteiger partial charge on any atom is -0.340 e. The van der Waals surface area contributed by atoms with Gasteiger partial charge in [-0.2, -0.15) is 0 Å². The summed E-state index contributed by atoms with van der Waals surface area (Å²) in [5, 5.41) is 3.45. The fourth-order valence-corrected chi connectivity index (χ4v) is 2.99. The number of anilines is 1. The number of para-hydroxylation sites is 2. The van der Waals surface area contributed by atoms with Crippen LogP contribution in [0.1, 0.15) is 22.3 Å². The van der Waals surface area contributed by atoms with Gasteiger partial charge in [-0.25, -0.2) is 4.99 Å². The molecule has 0 saturated heterocycles. The van der Waals surface area contributed by atoms with Crippen LogP contribution in [-0.4, -0.2) is 5.84 Å². The number of nitrogens with zero attached hydrogens (tertiary/aromatic N) is 1. The van der Waals surface area contributed by atoms with Gasteiger partial charge in [-0.3, -0.25) is 0 Å². The molecule has 0 spiro atoms. The molecule has 0 aliphatic heterocycles. The Morgan fingerprint density at radius 1 is 0.667 bits per heavy atom. The molecule has 0 aromatic heterocycles. The Balaban J connectivity index is 1.73. The Kier molecular flexibility index (Phi) is 6.03. The van der Waals surface area contributed by atoms with E-state index < -0.39 is 0 Å². The molecule has 2 heteroatoms. The van der Waals surface area contributed by atoms with E-state index in [0.717, 1.165) is 33.9 Å². The summed E-state index contributed by atoms with van der Waals surface area (Å²) in [6, 6.07) is 36.4. The van der Waals surface area contributed by atoms with Crippen LogP contribution < -0.4 is 5.32 Å². The third-order valence-electron chi connectivity index (χ3n) is 4.61. The van der Waals surface area contributed by atoms with Crippen LogP contribution in [0.2, 0.25) is 0 Å². The summed E-state index contributed by atoms with van der Waals surface area (Å²) in [5.41, 5.74) is 5.95. The maximum Gasteiger partial charge on any atom is 0.138 e. The van der Waals surface area contributed by atoms with E-state index in [1.165, 1.54) is 5.56 Å². The molecule has 0 bridgehead atoms. The topological polar surface area (TPSA) is 24.4 Å². The van der Waals surface area contributed by atoms with E-state index in [-0.39, 0.29) is 0 Å². The molecule has 0 atom stereocenters. The highest BCUT2D eigenvalue weighted by Gasteiger charge is 2.06. The molecule has 0 fully saturated rings. The van der Waals surface area contributed by atoms with Gasteiger partial charge in [0, 0.05) is 16.8 Å². The van der Waals surface area contributed by atoms with Crippen molar-refractivity contribution in [2.45, 2.75) is 6.92 Å². The van der Waals surface area contributed by atoms with Crippen LogP contribution in [-0.2, 0) is 0 Å². The molecule has 0 aliphatic rings. The summed E-state index contributed by atoms with van der Waals surface area (Å²) >= 11 is 0. The summed E-state index contributed by atoms with van der Waals surface area (Å²) in [4.78, 5) is 4.95. The van der Waals surface area contributed by atoms with Crippen molar-refractivity contribution in [3.05, 3.63) is 131 Å². The van der Waals surface area contributed by atoms with Crippen molar-refractivity contribution in [3.8, 4) is 11.8 Å². The third-order valence-corrected chi connectivity index (χ3v) is 4.61. The van der Waals surface area contributed by atoms with Gasteiger partial charge in [0.2, 0.25) is 0 Å². The molecule has 144 valence electrons. The molecule has 0 radical (unpaired) electrons. The van der Waals surface area contributed by atoms with E-state index in [0.29, 0.717) is 0 Å². The largest absolute Gasteiger partial charge is 0.340 e. The van der Waals surface area contributed by atoms with Crippen LogP contribution >= 0.6 is 0 Å². The van der Waals surface area contributed by atoms with Crippen LogP contribution in [0.5, 0.6) is 0 Å². The average molecular weight is 386 g/mol. The number of nitrogens with one attached hydrogen (secondary N) is 1. The van der Waals surface area contributed by atoms with Gasteiger partial charge in [-0.15, -0.1) is 0 Å². The van der Waals surface area contributed by atoms with E-state index in [1.54, 1.807) is 0 Å². The second-order valence-electron chi connectivity index (χ2n) is 6.95. The maximum atomic E-state index is 4.95. The molecule has 0 heterocycles. The number of benzene rings is 4. The van der Waals surface area contributed by atoms with E-state index in [9.17, 15) is 0 Å². The summed E-state index contributed by atoms with van der Waals surface area (Å²) in [6.45, 7) is 2.08. The van der Waals surface area contributed by atoms with Gasteiger partial charge in [0.15, 0.2) is 0 Å². The van der Waals surface area contributed by atoms with Crippen LogP contribution in [0, 0.1) is 18.8 Å². The molecule has 4 aromatic rings. The average Bonchev–Trinajstić information content (AvgIpc) is 2.80. The molecule has 0 saturated carbocycles.